The molecule has 0 aliphatic rings. The largest absolute Gasteiger partial charge is 0.497 e. The number of carbonyl (C=O) groups excluding carboxylic acids is 1. The zero-order valence-corrected chi connectivity index (χ0v) is 14.9. The molecule has 3 rings (SSSR count). The summed E-state index contributed by atoms with van der Waals surface area (Å²) in [4.78, 5) is 29.2. The number of hydrogen-bond acceptors (Lipinski definition) is 5. The molecule has 0 atom stereocenters. The average Bonchev–Trinajstić information content (AvgIpc) is 3.01. The van der Waals surface area contributed by atoms with Crippen LogP contribution in [0.3, 0.4) is 0 Å². The Kier molecular flexibility index (Phi) is 4.85. The highest BCUT2D eigenvalue weighted by atomic mass is 32.1. The minimum atomic E-state index is -0.368. The van der Waals surface area contributed by atoms with E-state index in [1.54, 1.807) is 18.6 Å². The Morgan fingerprint density at radius 1 is 1.40 bits per heavy atom. The lowest BCUT2D eigenvalue weighted by molar-refractivity contribution is -0.118. The Labute approximate surface area is 148 Å². The van der Waals surface area contributed by atoms with E-state index in [4.69, 9.17) is 10.5 Å². The van der Waals surface area contributed by atoms with Crippen molar-refractivity contribution in [2.75, 3.05) is 7.11 Å². The molecule has 0 aliphatic heterocycles. The molecule has 1 amide bonds. The summed E-state index contributed by atoms with van der Waals surface area (Å²) in [6, 6.07) is 7.60. The molecule has 0 spiro atoms. The summed E-state index contributed by atoms with van der Waals surface area (Å²) in [5.74, 6) is 1.01. The maximum Gasteiger partial charge on any atom is 0.262 e. The van der Waals surface area contributed by atoms with Gasteiger partial charge in [0.25, 0.3) is 5.56 Å². The number of hydrogen-bond donors (Lipinski definition) is 1. The van der Waals surface area contributed by atoms with Crippen molar-refractivity contribution in [1.29, 1.82) is 0 Å². The number of amides is 1. The highest BCUT2D eigenvalue weighted by Gasteiger charge is 2.15. The van der Waals surface area contributed by atoms with Gasteiger partial charge in [0.05, 0.1) is 12.5 Å². The Morgan fingerprint density at radius 3 is 2.92 bits per heavy atom. The van der Waals surface area contributed by atoms with Gasteiger partial charge in [-0.25, -0.2) is 4.98 Å². The number of aryl methyl sites for hydroxylation is 1. The number of benzene rings is 1. The second kappa shape index (κ2) is 7.06. The number of carbonyl (C=O) groups is 1. The van der Waals surface area contributed by atoms with Crippen LogP contribution < -0.4 is 16.0 Å². The summed E-state index contributed by atoms with van der Waals surface area (Å²) in [5.41, 5.74) is 6.85. The second-order valence-electron chi connectivity index (χ2n) is 5.75. The topological polar surface area (TPSA) is 87.2 Å². The van der Waals surface area contributed by atoms with Crippen molar-refractivity contribution in [2.45, 2.75) is 26.3 Å². The summed E-state index contributed by atoms with van der Waals surface area (Å²) in [6.45, 7) is 2.22. The molecule has 25 heavy (non-hydrogen) atoms. The van der Waals surface area contributed by atoms with E-state index in [-0.39, 0.29) is 17.9 Å². The van der Waals surface area contributed by atoms with Gasteiger partial charge in [-0.3, -0.25) is 14.2 Å². The lowest BCUT2D eigenvalue weighted by Gasteiger charge is -2.10. The van der Waals surface area contributed by atoms with E-state index in [2.05, 4.69) is 4.98 Å². The van der Waals surface area contributed by atoms with Crippen LogP contribution in [0, 0.1) is 6.92 Å². The number of nitrogens with zero attached hydrogens (tertiary/aromatic N) is 2. The smallest absolute Gasteiger partial charge is 0.262 e. The number of fused-ring (bicyclic) bond motifs is 1. The van der Waals surface area contributed by atoms with Crippen molar-refractivity contribution >= 4 is 27.5 Å². The SMILES string of the molecule is COc1cccc(-c2csc3nc(C)n(CCCC(N)=O)c(=O)c23)c1. The van der Waals surface area contributed by atoms with Gasteiger partial charge in [-0.05, 0) is 31.0 Å². The summed E-state index contributed by atoms with van der Waals surface area (Å²) in [6.07, 6.45) is 0.762. The minimum absolute atomic E-state index is 0.0916. The third-order valence-electron chi connectivity index (χ3n) is 4.07. The monoisotopic (exact) mass is 357 g/mol. The van der Waals surface area contributed by atoms with Crippen molar-refractivity contribution in [1.82, 2.24) is 9.55 Å². The summed E-state index contributed by atoms with van der Waals surface area (Å²) >= 11 is 1.45. The van der Waals surface area contributed by atoms with Gasteiger partial charge in [0.2, 0.25) is 5.91 Å². The first-order valence-electron chi connectivity index (χ1n) is 7.92. The lowest BCUT2D eigenvalue weighted by atomic mass is 10.1. The third-order valence-corrected chi connectivity index (χ3v) is 4.94. The van der Waals surface area contributed by atoms with Gasteiger partial charge >= 0.3 is 0 Å². The van der Waals surface area contributed by atoms with Crippen LogP contribution in [0.2, 0.25) is 0 Å². The number of ether oxygens (including phenoxy) is 1. The van der Waals surface area contributed by atoms with Crippen LogP contribution in [0.1, 0.15) is 18.7 Å². The van der Waals surface area contributed by atoms with Gasteiger partial charge in [-0.1, -0.05) is 12.1 Å². The molecule has 7 heteroatoms. The lowest BCUT2D eigenvalue weighted by Crippen LogP contribution is -2.24. The molecule has 0 fully saturated rings. The molecule has 2 aromatic heterocycles. The number of aromatic nitrogens is 2. The van der Waals surface area contributed by atoms with Gasteiger partial charge in [-0.2, -0.15) is 0 Å². The molecule has 6 nitrogen and oxygen atoms in total. The fourth-order valence-electron chi connectivity index (χ4n) is 2.80. The minimum Gasteiger partial charge on any atom is -0.497 e. The van der Waals surface area contributed by atoms with Crippen molar-refractivity contribution < 1.29 is 9.53 Å². The molecule has 130 valence electrons. The third kappa shape index (κ3) is 3.41. The van der Waals surface area contributed by atoms with E-state index in [9.17, 15) is 9.59 Å². The molecule has 0 aliphatic carbocycles. The first kappa shape index (κ1) is 17.2. The van der Waals surface area contributed by atoms with Gasteiger partial charge in [-0.15, -0.1) is 11.3 Å². The van der Waals surface area contributed by atoms with Gasteiger partial charge in [0.15, 0.2) is 0 Å². The summed E-state index contributed by atoms with van der Waals surface area (Å²) in [5, 5.41) is 2.55. The normalized spacial score (nSPS) is 11.0. The van der Waals surface area contributed by atoms with Gasteiger partial charge in [0.1, 0.15) is 16.4 Å². The van der Waals surface area contributed by atoms with Crippen LogP contribution >= 0.6 is 11.3 Å². The fourth-order valence-corrected chi connectivity index (χ4v) is 3.79. The molecule has 0 bridgehead atoms. The molecule has 0 radical (unpaired) electrons. The molecule has 2 N–H and O–H groups in total. The van der Waals surface area contributed by atoms with Crippen molar-refractivity contribution in [2.24, 2.45) is 5.73 Å². The summed E-state index contributed by atoms with van der Waals surface area (Å²) < 4.78 is 6.89. The standard InChI is InChI=1S/C18H19N3O3S/c1-11-20-17-16(18(23)21(11)8-4-7-15(19)22)14(10-25-17)12-5-3-6-13(9-12)24-2/h3,5-6,9-10H,4,7-8H2,1-2H3,(H2,19,22). The first-order chi connectivity index (χ1) is 12.0. The van der Waals surface area contributed by atoms with Crippen LogP contribution in [0.5, 0.6) is 5.75 Å². The Morgan fingerprint density at radius 2 is 2.20 bits per heavy atom. The number of primary amides is 1. The van der Waals surface area contributed by atoms with Crippen LogP contribution in [-0.4, -0.2) is 22.6 Å². The van der Waals surface area contributed by atoms with Crippen LogP contribution in [0.25, 0.3) is 21.3 Å². The quantitative estimate of drug-likeness (QED) is 0.735. The fraction of sp³-hybridized carbons (Fsp3) is 0.278. The van der Waals surface area contributed by atoms with E-state index in [1.807, 2.05) is 29.6 Å². The zero-order chi connectivity index (χ0) is 18.0. The molecule has 3 aromatic rings. The predicted molar refractivity (Wildman–Crippen MR) is 99.0 cm³/mol. The number of thiophene rings is 1. The van der Waals surface area contributed by atoms with E-state index >= 15 is 0 Å². The molecule has 0 saturated heterocycles. The first-order valence-corrected chi connectivity index (χ1v) is 8.80. The van der Waals surface area contributed by atoms with Gasteiger partial charge < -0.3 is 10.5 Å². The molecule has 2 heterocycles. The van der Waals surface area contributed by atoms with Crippen molar-refractivity contribution in [3.63, 3.8) is 0 Å². The van der Waals surface area contributed by atoms with Crippen LogP contribution in [0.4, 0.5) is 0 Å². The molecular formula is C18H19N3O3S. The molecule has 0 unspecified atom stereocenters. The molecule has 0 saturated carbocycles. The summed E-state index contributed by atoms with van der Waals surface area (Å²) in [7, 11) is 1.61. The Hall–Kier alpha value is -2.67. The number of rotatable bonds is 6. The molecule has 1 aromatic carbocycles. The molecular weight excluding hydrogens is 338 g/mol. The highest BCUT2D eigenvalue weighted by Crippen LogP contribution is 2.32. The van der Waals surface area contributed by atoms with Crippen LogP contribution in [-0.2, 0) is 11.3 Å². The maximum absolute atomic E-state index is 13.0. The predicted octanol–water partition coefficient (Wildman–Crippen LogP) is 2.71. The Balaban J connectivity index is 2.09. The maximum atomic E-state index is 13.0. The Bertz CT molecular complexity index is 991. The van der Waals surface area contributed by atoms with Crippen LogP contribution in [0.15, 0.2) is 34.4 Å². The average molecular weight is 357 g/mol. The van der Waals surface area contributed by atoms with E-state index in [1.165, 1.54) is 11.3 Å². The van der Waals surface area contributed by atoms with E-state index in [0.717, 1.165) is 16.9 Å². The van der Waals surface area contributed by atoms with Gasteiger partial charge in [0, 0.05) is 23.9 Å². The number of methoxy groups -OCH3 is 1. The van der Waals surface area contributed by atoms with Crippen molar-refractivity contribution in [3.8, 4) is 16.9 Å². The van der Waals surface area contributed by atoms with E-state index in [0.29, 0.717) is 29.0 Å². The van der Waals surface area contributed by atoms with Crippen molar-refractivity contribution in [3.05, 3.63) is 45.8 Å². The highest BCUT2D eigenvalue weighted by molar-refractivity contribution is 7.17. The number of nitrogens with two attached hydrogens (primary N) is 1. The zero-order valence-electron chi connectivity index (χ0n) is 14.1. The second-order valence-corrected chi connectivity index (χ2v) is 6.61. The van der Waals surface area contributed by atoms with E-state index < -0.39 is 0 Å².